The molecule has 10 heteroatoms. The van der Waals surface area contributed by atoms with Gasteiger partial charge >= 0.3 is 0 Å². The van der Waals surface area contributed by atoms with E-state index in [1.54, 1.807) is 37.6 Å². The summed E-state index contributed by atoms with van der Waals surface area (Å²) >= 11 is 0. The van der Waals surface area contributed by atoms with E-state index in [1.165, 1.54) is 27.6 Å². The molecule has 0 aliphatic carbocycles. The molecule has 0 aliphatic heterocycles. The second kappa shape index (κ2) is 9.11. The maximum absolute atomic E-state index is 12.9. The van der Waals surface area contributed by atoms with Crippen LogP contribution >= 0.6 is 0 Å². The van der Waals surface area contributed by atoms with Crippen molar-refractivity contribution >= 4 is 11.7 Å². The topological polar surface area (TPSA) is 94.7 Å². The fraction of sp³-hybridized carbons (Fsp3) is 0.174. The number of alkyl halides is 2. The Kier molecular flexibility index (Phi) is 6.07. The van der Waals surface area contributed by atoms with Gasteiger partial charge in [0.05, 0.1) is 6.54 Å². The zero-order valence-electron chi connectivity index (χ0n) is 17.9. The number of aromatic nitrogens is 5. The molecule has 0 aromatic carbocycles. The minimum absolute atomic E-state index is 0.0676. The van der Waals surface area contributed by atoms with Crippen LogP contribution in [0, 0.1) is 6.92 Å². The van der Waals surface area contributed by atoms with Gasteiger partial charge in [-0.3, -0.25) is 14.6 Å². The lowest BCUT2D eigenvalue weighted by molar-refractivity contribution is 0.102. The van der Waals surface area contributed by atoms with Gasteiger partial charge in [-0.2, -0.15) is 0 Å². The number of carbonyl (C=O) groups is 1. The predicted molar refractivity (Wildman–Crippen MR) is 119 cm³/mol. The maximum atomic E-state index is 12.9. The van der Waals surface area contributed by atoms with Crippen molar-refractivity contribution in [1.82, 2.24) is 24.1 Å². The molecule has 1 N–H and O–H groups in total. The number of halogens is 2. The lowest BCUT2D eigenvalue weighted by Gasteiger charge is -2.10. The van der Waals surface area contributed by atoms with E-state index in [4.69, 9.17) is 0 Å². The molecule has 0 atom stereocenters. The van der Waals surface area contributed by atoms with Crippen LogP contribution in [0.2, 0.25) is 0 Å². The summed E-state index contributed by atoms with van der Waals surface area (Å²) in [5.41, 5.74) is 2.04. The van der Waals surface area contributed by atoms with Crippen LogP contribution < -0.4 is 10.9 Å². The van der Waals surface area contributed by atoms with Gasteiger partial charge in [0.25, 0.3) is 17.9 Å². The highest BCUT2D eigenvalue weighted by molar-refractivity contribution is 6.04. The summed E-state index contributed by atoms with van der Waals surface area (Å²) < 4.78 is 28.2. The first kappa shape index (κ1) is 22.0. The summed E-state index contributed by atoms with van der Waals surface area (Å²) in [4.78, 5) is 38.2. The summed E-state index contributed by atoms with van der Waals surface area (Å²) in [5, 5.41) is 2.61. The Morgan fingerprint density at radius 3 is 2.70 bits per heavy atom. The Morgan fingerprint density at radius 1 is 1.15 bits per heavy atom. The number of anilines is 1. The number of nitrogens with zero attached hydrogens (tertiary/aromatic N) is 5. The van der Waals surface area contributed by atoms with Gasteiger partial charge in [-0.1, -0.05) is 12.1 Å². The lowest BCUT2D eigenvalue weighted by Crippen LogP contribution is -2.27. The average molecular weight is 450 g/mol. The summed E-state index contributed by atoms with van der Waals surface area (Å²) in [6, 6.07) is 9.96. The van der Waals surface area contributed by atoms with Gasteiger partial charge in [0.15, 0.2) is 5.82 Å². The van der Waals surface area contributed by atoms with E-state index < -0.39 is 24.4 Å². The molecule has 4 heterocycles. The molecule has 0 bridgehead atoms. The molecular weight excluding hydrogens is 430 g/mol. The van der Waals surface area contributed by atoms with Crippen molar-refractivity contribution in [3.05, 3.63) is 82.8 Å². The van der Waals surface area contributed by atoms with E-state index in [0.717, 1.165) is 11.3 Å². The molecule has 4 aromatic rings. The summed E-state index contributed by atoms with van der Waals surface area (Å²) in [7, 11) is 1.56. The molecule has 1 amide bonds. The van der Waals surface area contributed by atoms with Crippen molar-refractivity contribution in [3.8, 4) is 22.6 Å². The van der Waals surface area contributed by atoms with Crippen LogP contribution in [0.15, 0.2) is 66.0 Å². The van der Waals surface area contributed by atoms with Crippen molar-refractivity contribution in [1.29, 1.82) is 0 Å². The first-order valence-electron chi connectivity index (χ1n) is 10.0. The van der Waals surface area contributed by atoms with Gasteiger partial charge in [-0.05, 0) is 31.2 Å². The van der Waals surface area contributed by atoms with Crippen LogP contribution in [0.1, 0.15) is 16.1 Å². The van der Waals surface area contributed by atoms with Gasteiger partial charge in [-0.25, -0.2) is 18.7 Å². The highest BCUT2D eigenvalue weighted by Gasteiger charge is 2.17. The Morgan fingerprint density at radius 2 is 1.97 bits per heavy atom. The Labute approximate surface area is 187 Å². The molecule has 4 aromatic heterocycles. The van der Waals surface area contributed by atoms with Crippen LogP contribution in [0.25, 0.3) is 22.6 Å². The molecule has 0 aliphatic rings. The molecule has 0 unspecified atom stereocenters. The molecule has 8 nitrogen and oxygen atoms in total. The number of rotatable bonds is 6. The molecule has 33 heavy (non-hydrogen) atoms. The van der Waals surface area contributed by atoms with E-state index in [9.17, 15) is 18.4 Å². The van der Waals surface area contributed by atoms with E-state index in [0.29, 0.717) is 11.3 Å². The summed E-state index contributed by atoms with van der Waals surface area (Å²) in [6.07, 6.45) is 3.59. The zero-order chi connectivity index (χ0) is 23.5. The number of hydrogen-bond acceptors (Lipinski definition) is 5. The predicted octanol–water partition coefficient (Wildman–Crippen LogP) is 3.53. The van der Waals surface area contributed by atoms with Crippen LogP contribution in [0.3, 0.4) is 0 Å². The second-order valence-corrected chi connectivity index (χ2v) is 7.40. The molecule has 0 saturated heterocycles. The number of amides is 1. The first-order chi connectivity index (χ1) is 15.8. The van der Waals surface area contributed by atoms with Crippen molar-refractivity contribution in [3.63, 3.8) is 0 Å². The minimum Gasteiger partial charge on any atom is -0.324 e. The van der Waals surface area contributed by atoms with Crippen LogP contribution in [0.4, 0.5) is 14.6 Å². The normalized spacial score (nSPS) is 11.1. The fourth-order valence-corrected chi connectivity index (χ4v) is 3.32. The SMILES string of the molecule is Cc1ccc(-c2cc(C(=O)Nc3cccc(-c4nccn4CC(F)F)n3)c(=O)n(C)c2)cn1. The molecule has 168 valence electrons. The van der Waals surface area contributed by atoms with Gasteiger partial charge in [-0.15, -0.1) is 0 Å². The molecule has 0 saturated carbocycles. The van der Waals surface area contributed by atoms with E-state index in [-0.39, 0.29) is 17.2 Å². The third kappa shape index (κ3) is 4.84. The van der Waals surface area contributed by atoms with E-state index in [1.807, 2.05) is 19.1 Å². The minimum atomic E-state index is -2.55. The van der Waals surface area contributed by atoms with Gasteiger partial charge in [0.1, 0.15) is 17.1 Å². The van der Waals surface area contributed by atoms with E-state index >= 15 is 0 Å². The molecule has 0 spiro atoms. The Bertz CT molecular complexity index is 1360. The van der Waals surface area contributed by atoms with Gasteiger partial charge < -0.3 is 14.5 Å². The average Bonchev–Trinajstić information content (AvgIpc) is 3.23. The van der Waals surface area contributed by atoms with Crippen molar-refractivity contribution in [2.75, 3.05) is 5.32 Å². The number of imidazole rings is 1. The zero-order valence-corrected chi connectivity index (χ0v) is 17.9. The monoisotopic (exact) mass is 450 g/mol. The van der Waals surface area contributed by atoms with Crippen LogP contribution in [-0.4, -0.2) is 36.4 Å². The van der Waals surface area contributed by atoms with Crippen LogP contribution in [0.5, 0.6) is 0 Å². The van der Waals surface area contributed by atoms with Gasteiger partial charge in [0.2, 0.25) is 0 Å². The van der Waals surface area contributed by atoms with E-state index in [2.05, 4.69) is 20.3 Å². The largest absolute Gasteiger partial charge is 0.324 e. The van der Waals surface area contributed by atoms with Gasteiger partial charge in [0, 0.05) is 48.7 Å². The van der Waals surface area contributed by atoms with Crippen molar-refractivity contribution < 1.29 is 13.6 Å². The number of nitrogens with one attached hydrogen (secondary N) is 1. The standard InChI is InChI=1S/C23H20F2N6O2/c1-14-6-7-15(11-27-14)16-10-17(23(33)30(2)12-16)22(32)29-20-5-3-4-18(28-20)21-26-8-9-31(21)13-19(24)25/h3-12,19H,13H2,1-2H3,(H,28,29,32). The summed E-state index contributed by atoms with van der Waals surface area (Å²) in [5.74, 6) is -0.233. The van der Waals surface area contributed by atoms with Crippen LogP contribution in [-0.2, 0) is 13.6 Å². The van der Waals surface area contributed by atoms with Crippen molar-refractivity contribution in [2.24, 2.45) is 7.05 Å². The second-order valence-electron chi connectivity index (χ2n) is 7.40. The fourth-order valence-electron chi connectivity index (χ4n) is 3.32. The highest BCUT2D eigenvalue weighted by Crippen LogP contribution is 2.20. The quantitative estimate of drug-likeness (QED) is 0.485. The smallest absolute Gasteiger partial charge is 0.263 e. The Balaban J connectivity index is 1.63. The highest BCUT2D eigenvalue weighted by atomic mass is 19.3. The number of hydrogen-bond donors (Lipinski definition) is 1. The number of carbonyl (C=O) groups excluding carboxylic acids is 1. The third-order valence-corrected chi connectivity index (χ3v) is 4.94. The summed E-state index contributed by atoms with van der Waals surface area (Å²) in [6.45, 7) is 1.34. The number of pyridine rings is 3. The van der Waals surface area contributed by atoms with Crippen molar-refractivity contribution in [2.45, 2.75) is 19.9 Å². The maximum Gasteiger partial charge on any atom is 0.263 e. The Hall–Kier alpha value is -4.21. The molecule has 0 radical (unpaired) electrons. The molecular formula is C23H20F2N6O2. The lowest BCUT2D eigenvalue weighted by atomic mass is 10.1. The molecule has 0 fully saturated rings. The third-order valence-electron chi connectivity index (χ3n) is 4.94. The number of aryl methyl sites for hydroxylation is 2. The molecule has 4 rings (SSSR count). The first-order valence-corrected chi connectivity index (χ1v) is 10.0.